The van der Waals surface area contributed by atoms with E-state index >= 15 is 0 Å². The molecule has 2 rings (SSSR count). The average Bonchev–Trinajstić information content (AvgIpc) is 2.39. The Kier molecular flexibility index (Phi) is 4.99. The van der Waals surface area contributed by atoms with E-state index in [1.807, 2.05) is 24.3 Å². The van der Waals surface area contributed by atoms with Gasteiger partial charge in [-0.05, 0) is 51.3 Å². The highest BCUT2D eigenvalue weighted by atomic mass is 127. The van der Waals surface area contributed by atoms with Crippen LogP contribution in [0.4, 0.5) is 0 Å². The van der Waals surface area contributed by atoms with Crippen LogP contribution in [0.15, 0.2) is 48.5 Å². The lowest BCUT2D eigenvalue weighted by molar-refractivity contribution is 0.177. The van der Waals surface area contributed by atoms with Gasteiger partial charge in [-0.1, -0.05) is 56.3 Å². The van der Waals surface area contributed by atoms with Crippen molar-refractivity contribution in [3.8, 4) is 0 Å². The molecular weight excluding hydrogens is 347 g/mol. The van der Waals surface area contributed by atoms with Gasteiger partial charge in [0.2, 0.25) is 0 Å². The van der Waals surface area contributed by atoms with Gasteiger partial charge in [0.1, 0.15) is 0 Å². The molecule has 1 unspecified atom stereocenters. The molecule has 2 aromatic carbocycles. The minimum Gasteiger partial charge on any atom is -0.388 e. The van der Waals surface area contributed by atoms with E-state index in [2.05, 4.69) is 60.7 Å². The molecular formula is C17H19IO. The Morgan fingerprint density at radius 1 is 1.00 bits per heavy atom. The van der Waals surface area contributed by atoms with Crippen molar-refractivity contribution in [3.63, 3.8) is 0 Å². The van der Waals surface area contributed by atoms with Gasteiger partial charge in [-0.2, -0.15) is 0 Å². The highest BCUT2D eigenvalue weighted by molar-refractivity contribution is 14.1. The standard InChI is InChI=1S/C17H19IO/c1-12(2)14-9-7-13(8-10-14)11-17(19)15-5-3-4-6-16(15)18/h3-10,12,17,19H,11H2,1-2H3. The van der Waals surface area contributed by atoms with Crippen LogP contribution in [0.3, 0.4) is 0 Å². The molecule has 0 fully saturated rings. The predicted octanol–water partition coefficient (Wildman–Crippen LogP) is 4.69. The first-order chi connectivity index (χ1) is 9.08. The maximum atomic E-state index is 10.3. The molecule has 1 nitrogen and oxygen atoms in total. The maximum Gasteiger partial charge on any atom is 0.0840 e. The van der Waals surface area contributed by atoms with Crippen LogP contribution in [-0.2, 0) is 6.42 Å². The molecule has 0 aliphatic carbocycles. The summed E-state index contributed by atoms with van der Waals surface area (Å²) in [4.78, 5) is 0. The van der Waals surface area contributed by atoms with Crippen molar-refractivity contribution < 1.29 is 5.11 Å². The molecule has 2 aromatic rings. The normalized spacial score (nSPS) is 12.7. The molecule has 0 radical (unpaired) electrons. The SMILES string of the molecule is CC(C)c1ccc(CC(O)c2ccccc2I)cc1. The first-order valence-electron chi connectivity index (χ1n) is 6.59. The zero-order chi connectivity index (χ0) is 13.8. The third-order valence-electron chi connectivity index (χ3n) is 3.34. The number of benzene rings is 2. The lowest BCUT2D eigenvalue weighted by Crippen LogP contribution is -2.04. The summed E-state index contributed by atoms with van der Waals surface area (Å²) in [6.07, 6.45) is 0.233. The molecule has 0 aliphatic rings. The van der Waals surface area contributed by atoms with Crippen LogP contribution in [0.25, 0.3) is 0 Å². The maximum absolute atomic E-state index is 10.3. The van der Waals surface area contributed by atoms with Gasteiger partial charge in [0.15, 0.2) is 0 Å². The molecule has 0 amide bonds. The third-order valence-corrected chi connectivity index (χ3v) is 4.32. The van der Waals surface area contributed by atoms with Crippen molar-refractivity contribution in [3.05, 3.63) is 68.8 Å². The van der Waals surface area contributed by atoms with Crippen molar-refractivity contribution in [2.45, 2.75) is 32.3 Å². The van der Waals surface area contributed by atoms with Gasteiger partial charge in [0.25, 0.3) is 0 Å². The Labute approximate surface area is 128 Å². The molecule has 1 atom stereocenters. The van der Waals surface area contributed by atoms with E-state index in [1.165, 1.54) is 11.1 Å². The minimum absolute atomic E-state index is 0.432. The Morgan fingerprint density at radius 3 is 2.21 bits per heavy atom. The summed E-state index contributed by atoms with van der Waals surface area (Å²) in [5.74, 6) is 0.550. The summed E-state index contributed by atoms with van der Waals surface area (Å²) in [7, 11) is 0. The van der Waals surface area contributed by atoms with Crippen LogP contribution < -0.4 is 0 Å². The average molecular weight is 366 g/mol. The number of hydrogen-bond acceptors (Lipinski definition) is 1. The quantitative estimate of drug-likeness (QED) is 0.779. The van der Waals surface area contributed by atoms with Crippen molar-refractivity contribution in [2.24, 2.45) is 0 Å². The summed E-state index contributed by atoms with van der Waals surface area (Å²) in [5.41, 5.74) is 3.53. The molecule has 0 saturated heterocycles. The molecule has 0 saturated carbocycles. The van der Waals surface area contributed by atoms with Crippen LogP contribution >= 0.6 is 22.6 Å². The largest absolute Gasteiger partial charge is 0.388 e. The Bertz CT molecular complexity index is 531. The monoisotopic (exact) mass is 366 g/mol. The molecule has 0 aliphatic heterocycles. The van der Waals surface area contributed by atoms with E-state index in [9.17, 15) is 5.11 Å². The van der Waals surface area contributed by atoms with Crippen LogP contribution in [0, 0.1) is 3.57 Å². The van der Waals surface area contributed by atoms with Crippen molar-refractivity contribution in [2.75, 3.05) is 0 Å². The van der Waals surface area contributed by atoms with Crippen LogP contribution in [0.1, 0.15) is 42.6 Å². The van der Waals surface area contributed by atoms with Crippen LogP contribution in [0.2, 0.25) is 0 Å². The predicted molar refractivity (Wildman–Crippen MR) is 88.4 cm³/mol. The Hall–Kier alpha value is -0.870. The van der Waals surface area contributed by atoms with E-state index in [0.717, 1.165) is 9.13 Å². The highest BCUT2D eigenvalue weighted by Gasteiger charge is 2.11. The lowest BCUT2D eigenvalue weighted by Gasteiger charge is -2.13. The summed E-state index contributed by atoms with van der Waals surface area (Å²) in [6.45, 7) is 4.38. The second-order valence-corrected chi connectivity index (χ2v) is 6.30. The number of aliphatic hydroxyl groups excluding tert-OH is 1. The molecule has 0 heterocycles. The van der Waals surface area contributed by atoms with Gasteiger partial charge in [-0.15, -0.1) is 0 Å². The molecule has 0 bridgehead atoms. The van der Waals surface area contributed by atoms with Gasteiger partial charge < -0.3 is 5.11 Å². The molecule has 2 heteroatoms. The summed E-state index contributed by atoms with van der Waals surface area (Å²) in [5, 5.41) is 10.3. The first-order valence-corrected chi connectivity index (χ1v) is 7.67. The minimum atomic E-state index is -0.432. The first kappa shape index (κ1) is 14.5. The Morgan fingerprint density at radius 2 is 1.63 bits per heavy atom. The van der Waals surface area contributed by atoms with Crippen LogP contribution in [0.5, 0.6) is 0 Å². The number of halogens is 1. The van der Waals surface area contributed by atoms with E-state index in [-0.39, 0.29) is 0 Å². The van der Waals surface area contributed by atoms with Crippen molar-refractivity contribution in [1.82, 2.24) is 0 Å². The number of hydrogen-bond donors (Lipinski definition) is 1. The fourth-order valence-electron chi connectivity index (χ4n) is 2.12. The molecule has 19 heavy (non-hydrogen) atoms. The summed E-state index contributed by atoms with van der Waals surface area (Å²) in [6, 6.07) is 16.5. The Balaban J connectivity index is 2.11. The summed E-state index contributed by atoms with van der Waals surface area (Å²) < 4.78 is 1.12. The van der Waals surface area contributed by atoms with Crippen molar-refractivity contribution in [1.29, 1.82) is 0 Å². The van der Waals surface area contributed by atoms with Crippen molar-refractivity contribution >= 4 is 22.6 Å². The molecule has 0 aromatic heterocycles. The third kappa shape index (κ3) is 3.80. The zero-order valence-electron chi connectivity index (χ0n) is 11.3. The number of rotatable bonds is 4. The van der Waals surface area contributed by atoms with E-state index in [1.54, 1.807) is 0 Å². The second-order valence-electron chi connectivity index (χ2n) is 5.14. The smallest absolute Gasteiger partial charge is 0.0840 e. The van der Waals surface area contributed by atoms with Gasteiger partial charge in [-0.25, -0.2) is 0 Å². The van der Waals surface area contributed by atoms with E-state index < -0.39 is 6.10 Å². The molecule has 0 spiro atoms. The fourth-order valence-corrected chi connectivity index (χ4v) is 2.86. The fraction of sp³-hybridized carbons (Fsp3) is 0.294. The van der Waals surface area contributed by atoms with Gasteiger partial charge >= 0.3 is 0 Å². The summed E-state index contributed by atoms with van der Waals surface area (Å²) >= 11 is 2.27. The van der Waals surface area contributed by atoms with Crippen LogP contribution in [-0.4, -0.2) is 5.11 Å². The molecule has 100 valence electrons. The lowest BCUT2D eigenvalue weighted by atomic mass is 9.97. The second kappa shape index (κ2) is 6.53. The highest BCUT2D eigenvalue weighted by Crippen LogP contribution is 2.24. The van der Waals surface area contributed by atoms with E-state index in [4.69, 9.17) is 0 Å². The van der Waals surface area contributed by atoms with Gasteiger partial charge in [0.05, 0.1) is 6.10 Å². The molecule has 1 N–H and O–H groups in total. The zero-order valence-corrected chi connectivity index (χ0v) is 13.5. The number of aliphatic hydroxyl groups is 1. The van der Waals surface area contributed by atoms with Gasteiger partial charge in [0, 0.05) is 9.99 Å². The van der Waals surface area contributed by atoms with Gasteiger partial charge in [-0.3, -0.25) is 0 Å². The topological polar surface area (TPSA) is 20.2 Å². The van der Waals surface area contributed by atoms with E-state index in [0.29, 0.717) is 12.3 Å².